The van der Waals surface area contributed by atoms with Crippen LogP contribution in [0.15, 0.2) is 53.4 Å². The number of halogens is 3. The number of piperazine rings is 1. The highest BCUT2D eigenvalue weighted by molar-refractivity contribution is 7.89. The van der Waals surface area contributed by atoms with Crippen LogP contribution in [-0.4, -0.2) is 62.4 Å². The summed E-state index contributed by atoms with van der Waals surface area (Å²) in [5.74, 6) is 0.314. The van der Waals surface area contributed by atoms with Gasteiger partial charge in [-0.05, 0) is 50.2 Å². The second-order valence-electron chi connectivity index (χ2n) is 7.56. The van der Waals surface area contributed by atoms with E-state index in [0.717, 1.165) is 24.3 Å². The summed E-state index contributed by atoms with van der Waals surface area (Å²) in [4.78, 5) is 14.4. The van der Waals surface area contributed by atoms with E-state index in [0.29, 0.717) is 31.1 Å². The quantitative estimate of drug-likeness (QED) is 0.650. The van der Waals surface area contributed by atoms with Gasteiger partial charge in [-0.25, -0.2) is 8.42 Å². The molecule has 33 heavy (non-hydrogen) atoms. The lowest BCUT2D eigenvalue weighted by atomic mass is 10.2. The standard InChI is InChI=1S/C22H26F3N3O4S/c1-3-32-20-7-5-4-6-19(20)26-21(29)16(2)27-12-14-28(15-13-27)33(30,31)18-10-8-17(9-11-18)22(23,24)25/h4-11,16H,3,12-15H2,1-2H3,(H,26,29). The molecule has 0 aromatic heterocycles. The van der Waals surface area contributed by atoms with E-state index in [-0.39, 0.29) is 23.9 Å². The monoisotopic (exact) mass is 485 g/mol. The summed E-state index contributed by atoms with van der Waals surface area (Å²) in [7, 11) is -3.93. The summed E-state index contributed by atoms with van der Waals surface area (Å²) >= 11 is 0. The molecule has 1 atom stereocenters. The van der Waals surface area contributed by atoms with Crippen LogP contribution in [0.3, 0.4) is 0 Å². The molecule has 1 N–H and O–H groups in total. The molecular weight excluding hydrogens is 459 g/mol. The third kappa shape index (κ3) is 5.84. The summed E-state index contributed by atoms with van der Waals surface area (Å²) < 4.78 is 70.6. The average Bonchev–Trinajstić information content (AvgIpc) is 2.79. The third-order valence-corrected chi connectivity index (χ3v) is 7.38. The van der Waals surface area contributed by atoms with Crippen molar-refractivity contribution in [2.45, 2.75) is 31.0 Å². The van der Waals surface area contributed by atoms with Gasteiger partial charge in [0, 0.05) is 26.2 Å². The molecular formula is C22H26F3N3O4S. The number of alkyl halides is 3. The Morgan fingerprint density at radius 2 is 1.67 bits per heavy atom. The number of benzene rings is 2. The summed E-state index contributed by atoms with van der Waals surface area (Å²) in [6.07, 6.45) is -4.53. The molecule has 180 valence electrons. The van der Waals surface area contributed by atoms with Gasteiger partial charge in [0.2, 0.25) is 15.9 Å². The maximum Gasteiger partial charge on any atom is 0.416 e. The Hall–Kier alpha value is -2.63. The number of sulfonamides is 1. The fourth-order valence-corrected chi connectivity index (χ4v) is 4.97. The number of carbonyl (C=O) groups is 1. The first-order chi connectivity index (χ1) is 15.5. The molecule has 1 fully saturated rings. The van der Waals surface area contributed by atoms with Crippen LogP contribution in [0.1, 0.15) is 19.4 Å². The Bertz CT molecular complexity index is 1070. The molecule has 7 nitrogen and oxygen atoms in total. The lowest BCUT2D eigenvalue weighted by Gasteiger charge is -2.36. The highest BCUT2D eigenvalue weighted by Gasteiger charge is 2.34. The van der Waals surface area contributed by atoms with Crippen LogP contribution in [0.25, 0.3) is 0 Å². The van der Waals surface area contributed by atoms with Crippen molar-refractivity contribution in [2.75, 3.05) is 38.1 Å². The Kier molecular flexibility index (Phi) is 7.65. The van der Waals surface area contributed by atoms with E-state index in [9.17, 15) is 26.4 Å². The van der Waals surface area contributed by atoms with Gasteiger partial charge in [0.25, 0.3) is 0 Å². The maximum absolute atomic E-state index is 12.8. The SMILES string of the molecule is CCOc1ccccc1NC(=O)C(C)N1CCN(S(=O)(=O)c2ccc(C(F)(F)F)cc2)CC1. The number of amides is 1. The van der Waals surface area contributed by atoms with Crippen molar-refractivity contribution in [1.82, 2.24) is 9.21 Å². The van der Waals surface area contributed by atoms with Crippen molar-refractivity contribution >= 4 is 21.6 Å². The molecule has 1 heterocycles. The predicted octanol–water partition coefficient (Wildman–Crippen LogP) is 3.44. The number of hydrogen-bond donors (Lipinski definition) is 1. The Morgan fingerprint density at radius 1 is 1.06 bits per heavy atom. The Labute approximate surface area is 191 Å². The van der Waals surface area contributed by atoms with Crippen LogP contribution < -0.4 is 10.1 Å². The third-order valence-electron chi connectivity index (χ3n) is 5.46. The number of nitrogens with one attached hydrogen (secondary N) is 1. The van der Waals surface area contributed by atoms with Gasteiger partial charge >= 0.3 is 6.18 Å². The number of carbonyl (C=O) groups excluding carboxylic acids is 1. The van der Waals surface area contributed by atoms with Gasteiger partial charge in [-0.3, -0.25) is 9.69 Å². The first kappa shape index (κ1) is 25.0. The van der Waals surface area contributed by atoms with Crippen molar-refractivity contribution in [3.63, 3.8) is 0 Å². The minimum atomic E-state index is -4.53. The molecule has 2 aromatic carbocycles. The molecule has 1 aliphatic rings. The zero-order valence-corrected chi connectivity index (χ0v) is 19.1. The summed E-state index contributed by atoms with van der Waals surface area (Å²) in [5.41, 5.74) is -0.350. The van der Waals surface area contributed by atoms with Gasteiger partial charge in [-0.1, -0.05) is 12.1 Å². The van der Waals surface area contributed by atoms with E-state index < -0.39 is 27.8 Å². The van der Waals surface area contributed by atoms with E-state index >= 15 is 0 Å². The van der Waals surface area contributed by atoms with Crippen LogP contribution in [-0.2, 0) is 21.0 Å². The summed E-state index contributed by atoms with van der Waals surface area (Å²) in [5, 5.41) is 2.85. The Balaban J connectivity index is 1.61. The number of ether oxygens (including phenoxy) is 1. The smallest absolute Gasteiger partial charge is 0.416 e. The van der Waals surface area contributed by atoms with Crippen LogP contribution in [0.4, 0.5) is 18.9 Å². The molecule has 0 radical (unpaired) electrons. The van der Waals surface area contributed by atoms with Gasteiger partial charge in [0.15, 0.2) is 0 Å². The number of hydrogen-bond acceptors (Lipinski definition) is 5. The van der Waals surface area contributed by atoms with Gasteiger partial charge in [0.1, 0.15) is 5.75 Å². The number of para-hydroxylation sites is 2. The average molecular weight is 486 g/mol. The van der Waals surface area contributed by atoms with Gasteiger partial charge in [0.05, 0.1) is 28.8 Å². The van der Waals surface area contributed by atoms with Crippen LogP contribution in [0.2, 0.25) is 0 Å². The molecule has 1 aliphatic heterocycles. The van der Waals surface area contributed by atoms with E-state index in [1.807, 2.05) is 11.8 Å². The van der Waals surface area contributed by atoms with Gasteiger partial charge in [-0.2, -0.15) is 17.5 Å². The zero-order valence-electron chi connectivity index (χ0n) is 18.3. The van der Waals surface area contributed by atoms with Crippen molar-refractivity contribution in [3.05, 3.63) is 54.1 Å². The molecule has 2 aromatic rings. The topological polar surface area (TPSA) is 79.0 Å². The van der Waals surface area contributed by atoms with E-state index in [4.69, 9.17) is 4.74 Å². The fourth-order valence-electron chi connectivity index (χ4n) is 3.55. The molecule has 11 heteroatoms. The lowest BCUT2D eigenvalue weighted by Crippen LogP contribution is -2.53. The second kappa shape index (κ2) is 10.1. The minimum absolute atomic E-state index is 0.122. The van der Waals surface area contributed by atoms with Crippen LogP contribution >= 0.6 is 0 Å². The molecule has 0 spiro atoms. The maximum atomic E-state index is 12.8. The molecule has 1 unspecified atom stereocenters. The number of nitrogens with zero attached hydrogens (tertiary/aromatic N) is 2. The predicted molar refractivity (Wildman–Crippen MR) is 117 cm³/mol. The molecule has 1 saturated heterocycles. The first-order valence-corrected chi connectivity index (χ1v) is 11.9. The van der Waals surface area contributed by atoms with E-state index in [2.05, 4.69) is 5.32 Å². The fraction of sp³-hybridized carbons (Fsp3) is 0.409. The molecule has 1 amide bonds. The molecule has 0 aliphatic carbocycles. The number of rotatable bonds is 7. The van der Waals surface area contributed by atoms with Crippen molar-refractivity contribution in [1.29, 1.82) is 0 Å². The van der Waals surface area contributed by atoms with Crippen molar-refractivity contribution < 1.29 is 31.1 Å². The lowest BCUT2D eigenvalue weighted by molar-refractivity contribution is -0.137. The van der Waals surface area contributed by atoms with Crippen LogP contribution in [0.5, 0.6) is 5.75 Å². The van der Waals surface area contributed by atoms with E-state index in [1.165, 1.54) is 4.31 Å². The summed E-state index contributed by atoms with van der Waals surface area (Å²) in [6.45, 7) is 4.89. The van der Waals surface area contributed by atoms with Crippen molar-refractivity contribution in [2.24, 2.45) is 0 Å². The van der Waals surface area contributed by atoms with E-state index in [1.54, 1.807) is 31.2 Å². The van der Waals surface area contributed by atoms with Gasteiger partial charge in [-0.15, -0.1) is 0 Å². The minimum Gasteiger partial charge on any atom is -0.492 e. The first-order valence-electron chi connectivity index (χ1n) is 10.5. The molecule has 0 saturated carbocycles. The zero-order chi connectivity index (χ0) is 24.2. The highest BCUT2D eigenvalue weighted by Crippen LogP contribution is 2.30. The largest absolute Gasteiger partial charge is 0.492 e. The summed E-state index contributed by atoms with van der Waals surface area (Å²) in [6, 6.07) is 10.0. The second-order valence-corrected chi connectivity index (χ2v) is 9.49. The molecule has 3 rings (SSSR count). The Morgan fingerprint density at radius 3 is 2.24 bits per heavy atom. The van der Waals surface area contributed by atoms with Crippen molar-refractivity contribution in [3.8, 4) is 5.75 Å². The molecule has 0 bridgehead atoms. The highest BCUT2D eigenvalue weighted by atomic mass is 32.2. The number of anilines is 1. The normalized spacial score (nSPS) is 16.9. The van der Waals surface area contributed by atoms with Crippen LogP contribution in [0, 0.1) is 0 Å². The van der Waals surface area contributed by atoms with Gasteiger partial charge < -0.3 is 10.1 Å².